The van der Waals surface area contributed by atoms with E-state index in [1.54, 1.807) is 0 Å². The van der Waals surface area contributed by atoms with E-state index in [4.69, 9.17) is 9.47 Å². The average Bonchev–Trinajstić information content (AvgIpc) is 2.62. The maximum Gasteiger partial charge on any atom is 0.127 e. The van der Waals surface area contributed by atoms with Gasteiger partial charge in [0.1, 0.15) is 17.2 Å². The minimum atomic E-state index is 0.799. The van der Waals surface area contributed by atoms with E-state index in [0.29, 0.717) is 0 Å². The number of hydrogen-bond donors (Lipinski definition) is 0. The monoisotopic (exact) mass is 326 g/mol. The van der Waals surface area contributed by atoms with Crippen LogP contribution >= 0.6 is 0 Å². The molecule has 0 radical (unpaired) electrons. The molecule has 2 aromatic rings. The van der Waals surface area contributed by atoms with Crippen LogP contribution in [0.15, 0.2) is 54.6 Å². The Hall–Kier alpha value is -1.96. The summed E-state index contributed by atoms with van der Waals surface area (Å²) in [4.78, 5) is 0. The van der Waals surface area contributed by atoms with Gasteiger partial charge in [-0.2, -0.15) is 0 Å². The van der Waals surface area contributed by atoms with Crippen molar-refractivity contribution in [3.05, 3.63) is 54.6 Å². The zero-order valence-electron chi connectivity index (χ0n) is 14.9. The second-order valence-corrected chi connectivity index (χ2v) is 6.21. The Morgan fingerprint density at radius 1 is 0.583 bits per heavy atom. The fourth-order valence-electron chi connectivity index (χ4n) is 2.65. The molecule has 2 nitrogen and oxygen atoms in total. The Balaban J connectivity index is 1.57. The molecule has 0 aromatic heterocycles. The lowest BCUT2D eigenvalue weighted by molar-refractivity contribution is 0.304. The molecule has 0 saturated carbocycles. The fourth-order valence-corrected chi connectivity index (χ4v) is 2.65. The van der Waals surface area contributed by atoms with Gasteiger partial charge >= 0.3 is 0 Å². The van der Waals surface area contributed by atoms with Gasteiger partial charge in [-0.3, -0.25) is 0 Å². The summed E-state index contributed by atoms with van der Waals surface area (Å²) in [5.41, 5.74) is 0. The van der Waals surface area contributed by atoms with E-state index in [-0.39, 0.29) is 0 Å². The summed E-state index contributed by atoms with van der Waals surface area (Å²) in [6, 6.07) is 17.7. The highest BCUT2D eigenvalue weighted by Gasteiger charge is 1.98. The third-order valence-electron chi connectivity index (χ3n) is 4.07. The van der Waals surface area contributed by atoms with Crippen LogP contribution in [0, 0.1) is 0 Å². The number of benzene rings is 2. The first-order valence-corrected chi connectivity index (χ1v) is 9.34. The number of para-hydroxylation sites is 1. The number of ether oxygens (including phenoxy) is 2. The van der Waals surface area contributed by atoms with Crippen LogP contribution in [0.4, 0.5) is 0 Å². The first kappa shape index (κ1) is 18.4. The van der Waals surface area contributed by atoms with Gasteiger partial charge in [-0.15, -0.1) is 0 Å². The molecule has 2 rings (SSSR count). The molecule has 0 fully saturated rings. The van der Waals surface area contributed by atoms with Crippen molar-refractivity contribution in [3.8, 4) is 17.2 Å². The van der Waals surface area contributed by atoms with E-state index in [9.17, 15) is 0 Å². The topological polar surface area (TPSA) is 18.5 Å². The SMILES string of the molecule is CCCCCCCCCCOc1ccc(Oc2ccccc2)cc1. The molecule has 2 aromatic carbocycles. The number of unbranched alkanes of at least 4 members (excludes halogenated alkanes) is 7. The highest BCUT2D eigenvalue weighted by atomic mass is 16.5. The van der Waals surface area contributed by atoms with Gasteiger partial charge in [-0.1, -0.05) is 70.1 Å². The van der Waals surface area contributed by atoms with Crippen molar-refractivity contribution in [1.82, 2.24) is 0 Å². The molecule has 24 heavy (non-hydrogen) atoms. The number of hydrogen-bond acceptors (Lipinski definition) is 2. The Labute approximate surface area is 146 Å². The van der Waals surface area contributed by atoms with Crippen LogP contribution in [0.5, 0.6) is 17.2 Å². The summed E-state index contributed by atoms with van der Waals surface area (Å²) in [5.74, 6) is 2.60. The zero-order valence-corrected chi connectivity index (χ0v) is 14.9. The largest absolute Gasteiger partial charge is 0.494 e. The van der Waals surface area contributed by atoms with Crippen LogP contribution in [0.1, 0.15) is 58.3 Å². The molecule has 0 amide bonds. The number of rotatable bonds is 12. The predicted octanol–water partition coefficient (Wildman–Crippen LogP) is 7.00. The van der Waals surface area contributed by atoms with Crippen LogP contribution < -0.4 is 9.47 Å². The summed E-state index contributed by atoms with van der Waals surface area (Å²) in [6.45, 7) is 3.06. The summed E-state index contributed by atoms with van der Waals surface area (Å²) in [5, 5.41) is 0. The molecular formula is C22H30O2. The first-order chi connectivity index (χ1) is 11.9. The smallest absolute Gasteiger partial charge is 0.127 e. The lowest BCUT2D eigenvalue weighted by Crippen LogP contribution is -1.97. The van der Waals surface area contributed by atoms with E-state index < -0.39 is 0 Å². The quantitative estimate of drug-likeness (QED) is 0.391. The van der Waals surface area contributed by atoms with Gasteiger partial charge in [-0.25, -0.2) is 0 Å². The summed E-state index contributed by atoms with van der Waals surface area (Å²) >= 11 is 0. The van der Waals surface area contributed by atoms with E-state index in [0.717, 1.165) is 30.3 Å². The summed E-state index contributed by atoms with van der Waals surface area (Å²) < 4.78 is 11.6. The van der Waals surface area contributed by atoms with Crippen molar-refractivity contribution in [2.24, 2.45) is 0 Å². The van der Waals surface area contributed by atoms with Crippen molar-refractivity contribution >= 4 is 0 Å². The molecule has 0 unspecified atom stereocenters. The van der Waals surface area contributed by atoms with Gasteiger partial charge in [0.15, 0.2) is 0 Å². The third kappa shape index (κ3) is 7.54. The lowest BCUT2D eigenvalue weighted by atomic mass is 10.1. The molecule has 0 aliphatic carbocycles. The van der Waals surface area contributed by atoms with Crippen LogP contribution in [0.2, 0.25) is 0 Å². The van der Waals surface area contributed by atoms with Gasteiger partial charge in [0.05, 0.1) is 6.61 Å². The van der Waals surface area contributed by atoms with Crippen molar-refractivity contribution in [2.75, 3.05) is 6.61 Å². The van der Waals surface area contributed by atoms with Gasteiger partial charge in [0.25, 0.3) is 0 Å². The van der Waals surface area contributed by atoms with Crippen molar-refractivity contribution in [1.29, 1.82) is 0 Å². The Bertz CT molecular complexity index is 534. The maximum absolute atomic E-state index is 5.80. The molecule has 0 atom stereocenters. The molecule has 0 aliphatic heterocycles. The van der Waals surface area contributed by atoms with Crippen LogP contribution in [-0.2, 0) is 0 Å². The fraction of sp³-hybridized carbons (Fsp3) is 0.455. The molecule has 0 bridgehead atoms. The van der Waals surface area contributed by atoms with Crippen LogP contribution in [0.3, 0.4) is 0 Å². The van der Waals surface area contributed by atoms with E-state index in [2.05, 4.69) is 6.92 Å². The standard InChI is InChI=1S/C22H30O2/c1-2-3-4-5-6-7-8-12-19-23-20-15-17-22(18-16-20)24-21-13-10-9-11-14-21/h9-11,13-18H,2-8,12,19H2,1H3. The normalized spacial score (nSPS) is 10.5. The van der Waals surface area contributed by atoms with Gasteiger partial charge in [-0.05, 0) is 42.8 Å². The minimum Gasteiger partial charge on any atom is -0.494 e. The Morgan fingerprint density at radius 2 is 1.12 bits per heavy atom. The molecule has 0 N–H and O–H groups in total. The van der Waals surface area contributed by atoms with Crippen LogP contribution in [-0.4, -0.2) is 6.61 Å². The second kappa shape index (κ2) is 11.6. The highest BCUT2D eigenvalue weighted by Crippen LogP contribution is 2.23. The summed E-state index contributed by atoms with van der Waals surface area (Å²) in [7, 11) is 0. The van der Waals surface area contributed by atoms with E-state index in [1.807, 2.05) is 54.6 Å². The molecule has 130 valence electrons. The van der Waals surface area contributed by atoms with E-state index >= 15 is 0 Å². The van der Waals surface area contributed by atoms with Crippen molar-refractivity contribution in [3.63, 3.8) is 0 Å². The molecular weight excluding hydrogens is 296 g/mol. The van der Waals surface area contributed by atoms with Crippen molar-refractivity contribution in [2.45, 2.75) is 58.3 Å². The molecule has 2 heteroatoms. The lowest BCUT2D eigenvalue weighted by Gasteiger charge is -2.08. The summed E-state index contributed by atoms with van der Waals surface area (Å²) in [6.07, 6.45) is 10.6. The molecule has 0 saturated heterocycles. The average molecular weight is 326 g/mol. The first-order valence-electron chi connectivity index (χ1n) is 9.34. The molecule has 0 aliphatic rings. The Kier molecular flexibility index (Phi) is 8.85. The second-order valence-electron chi connectivity index (χ2n) is 6.21. The predicted molar refractivity (Wildman–Crippen MR) is 101 cm³/mol. The van der Waals surface area contributed by atoms with Gasteiger partial charge in [0.2, 0.25) is 0 Å². The molecule has 0 heterocycles. The molecule has 0 spiro atoms. The maximum atomic E-state index is 5.80. The van der Waals surface area contributed by atoms with Crippen LogP contribution in [0.25, 0.3) is 0 Å². The van der Waals surface area contributed by atoms with E-state index in [1.165, 1.54) is 44.9 Å². The third-order valence-corrected chi connectivity index (χ3v) is 4.07. The highest BCUT2D eigenvalue weighted by molar-refractivity contribution is 5.35. The Morgan fingerprint density at radius 3 is 1.79 bits per heavy atom. The zero-order chi connectivity index (χ0) is 16.9. The van der Waals surface area contributed by atoms with Gasteiger partial charge in [0, 0.05) is 0 Å². The van der Waals surface area contributed by atoms with Crippen molar-refractivity contribution < 1.29 is 9.47 Å². The minimum absolute atomic E-state index is 0.799. The van der Waals surface area contributed by atoms with Gasteiger partial charge < -0.3 is 9.47 Å².